The number of hydrogen-bond acceptors (Lipinski definition) is 3. The third-order valence-electron chi connectivity index (χ3n) is 3.10. The molecule has 1 heterocycles. The third kappa shape index (κ3) is 4.41. The highest BCUT2D eigenvalue weighted by Gasteiger charge is 2.49. The first kappa shape index (κ1) is 19.5. The molecule has 1 aromatic carbocycles. The van der Waals surface area contributed by atoms with Gasteiger partial charge in [-0.3, -0.25) is 0 Å². The standard InChI is InChI=1S/C16H10F6O4/c1-2-3-4-8-5-10(26-16(20,21)22)6-9-7-11(14(23)24)13(15(17,18)19)25-12(8)9/h5-7,13H,2H2,1H3,(H,23,24). The molecule has 1 aromatic rings. The van der Waals surface area contributed by atoms with Crippen molar-refractivity contribution < 1.29 is 45.7 Å². The van der Waals surface area contributed by atoms with Gasteiger partial charge in [0.2, 0.25) is 6.10 Å². The molecule has 0 aromatic heterocycles. The van der Waals surface area contributed by atoms with E-state index in [2.05, 4.69) is 16.6 Å². The number of hydrogen-bond donors (Lipinski definition) is 1. The van der Waals surface area contributed by atoms with Crippen LogP contribution in [0.2, 0.25) is 0 Å². The summed E-state index contributed by atoms with van der Waals surface area (Å²) < 4.78 is 85.1. The van der Waals surface area contributed by atoms with E-state index in [4.69, 9.17) is 9.84 Å². The number of fused-ring (bicyclic) bond motifs is 1. The molecule has 4 nitrogen and oxygen atoms in total. The zero-order valence-electron chi connectivity index (χ0n) is 13.0. The van der Waals surface area contributed by atoms with Crippen molar-refractivity contribution in [2.24, 2.45) is 0 Å². The molecule has 0 aliphatic carbocycles. The Balaban J connectivity index is 2.66. The molecule has 0 amide bonds. The van der Waals surface area contributed by atoms with Crippen LogP contribution < -0.4 is 9.47 Å². The molecule has 140 valence electrons. The van der Waals surface area contributed by atoms with E-state index in [1.165, 1.54) is 0 Å². The summed E-state index contributed by atoms with van der Waals surface area (Å²) in [4.78, 5) is 11.1. The lowest BCUT2D eigenvalue weighted by Crippen LogP contribution is -2.40. The van der Waals surface area contributed by atoms with Crippen molar-refractivity contribution in [3.05, 3.63) is 28.8 Å². The van der Waals surface area contributed by atoms with Gasteiger partial charge in [0.15, 0.2) is 0 Å². The maximum absolute atomic E-state index is 13.1. The SMILES string of the molecule is CCC#Cc1cc(OC(F)(F)F)cc2c1OC(C(F)(F)F)C(C(=O)O)=C2. The van der Waals surface area contributed by atoms with Crippen LogP contribution in [0.15, 0.2) is 17.7 Å². The molecule has 0 saturated carbocycles. The lowest BCUT2D eigenvalue weighted by atomic mass is 9.98. The number of benzene rings is 1. The van der Waals surface area contributed by atoms with Crippen LogP contribution in [0.4, 0.5) is 26.3 Å². The van der Waals surface area contributed by atoms with Gasteiger partial charge in [0.05, 0.1) is 11.1 Å². The second-order valence-corrected chi connectivity index (χ2v) is 5.04. The van der Waals surface area contributed by atoms with Crippen molar-refractivity contribution in [2.75, 3.05) is 0 Å². The Bertz CT molecular complexity index is 811. The van der Waals surface area contributed by atoms with Crippen molar-refractivity contribution in [3.8, 4) is 23.3 Å². The van der Waals surface area contributed by atoms with Gasteiger partial charge in [-0.2, -0.15) is 13.2 Å². The molecule has 1 N–H and O–H groups in total. The molecule has 10 heteroatoms. The van der Waals surface area contributed by atoms with Crippen LogP contribution in [0.25, 0.3) is 6.08 Å². The molecule has 1 aliphatic rings. The largest absolute Gasteiger partial charge is 0.573 e. The Morgan fingerprint density at radius 1 is 1.27 bits per heavy atom. The van der Waals surface area contributed by atoms with E-state index in [9.17, 15) is 31.1 Å². The Morgan fingerprint density at radius 2 is 1.92 bits per heavy atom. The number of ether oxygens (including phenoxy) is 2. The highest BCUT2D eigenvalue weighted by molar-refractivity contribution is 5.95. The predicted molar refractivity (Wildman–Crippen MR) is 76.4 cm³/mol. The summed E-state index contributed by atoms with van der Waals surface area (Å²) in [7, 11) is 0. The van der Waals surface area contributed by atoms with Crippen LogP contribution in [-0.4, -0.2) is 29.7 Å². The van der Waals surface area contributed by atoms with Crippen LogP contribution >= 0.6 is 0 Å². The Kier molecular flexibility index (Phi) is 5.11. The maximum Gasteiger partial charge on any atom is 0.573 e. The molecule has 0 spiro atoms. The highest BCUT2D eigenvalue weighted by atomic mass is 19.4. The summed E-state index contributed by atoms with van der Waals surface area (Å²) >= 11 is 0. The topological polar surface area (TPSA) is 55.8 Å². The molecule has 2 rings (SSSR count). The molecule has 1 atom stereocenters. The average molecular weight is 380 g/mol. The number of alkyl halides is 6. The van der Waals surface area contributed by atoms with Crippen LogP contribution in [-0.2, 0) is 4.79 Å². The molecule has 0 fully saturated rings. The summed E-state index contributed by atoms with van der Waals surface area (Å²) in [5.74, 6) is 1.77. The molecule has 0 radical (unpaired) electrons. The molecular weight excluding hydrogens is 370 g/mol. The fourth-order valence-corrected chi connectivity index (χ4v) is 2.17. The number of halogens is 6. The van der Waals surface area contributed by atoms with Crippen molar-refractivity contribution in [3.63, 3.8) is 0 Å². The van der Waals surface area contributed by atoms with Gasteiger partial charge >= 0.3 is 18.5 Å². The van der Waals surface area contributed by atoms with E-state index in [-0.39, 0.29) is 17.5 Å². The summed E-state index contributed by atoms with van der Waals surface area (Å²) in [5.41, 5.74) is -1.76. The number of rotatable bonds is 2. The summed E-state index contributed by atoms with van der Waals surface area (Å²) in [6.07, 6.45) is -12.0. The number of carbonyl (C=O) groups is 1. The summed E-state index contributed by atoms with van der Waals surface area (Å²) in [6, 6.07) is 1.51. The van der Waals surface area contributed by atoms with Gasteiger partial charge in [-0.1, -0.05) is 18.8 Å². The molecule has 0 bridgehead atoms. The number of carboxylic acids is 1. The van der Waals surface area contributed by atoms with E-state index in [1.54, 1.807) is 6.92 Å². The van der Waals surface area contributed by atoms with Crippen molar-refractivity contribution >= 4 is 12.0 Å². The van der Waals surface area contributed by atoms with E-state index in [0.717, 1.165) is 12.1 Å². The summed E-state index contributed by atoms with van der Waals surface area (Å²) in [5, 5.41) is 8.98. The zero-order chi connectivity index (χ0) is 19.7. The van der Waals surface area contributed by atoms with E-state index in [1.807, 2.05) is 0 Å². The van der Waals surface area contributed by atoms with Crippen LogP contribution in [0.1, 0.15) is 24.5 Å². The van der Waals surface area contributed by atoms with Crippen molar-refractivity contribution in [1.29, 1.82) is 0 Å². The fraction of sp³-hybridized carbons (Fsp3) is 0.312. The van der Waals surface area contributed by atoms with Gasteiger partial charge in [0.1, 0.15) is 11.5 Å². The fourth-order valence-electron chi connectivity index (χ4n) is 2.17. The predicted octanol–water partition coefficient (Wildman–Crippen LogP) is 4.14. The number of carboxylic acid groups (broad SMARTS) is 1. The molecule has 1 unspecified atom stereocenters. The lowest BCUT2D eigenvalue weighted by Gasteiger charge is -2.28. The summed E-state index contributed by atoms with van der Waals surface area (Å²) in [6.45, 7) is 1.62. The zero-order valence-corrected chi connectivity index (χ0v) is 13.0. The Hall–Kier alpha value is -2.83. The minimum absolute atomic E-state index is 0.276. The molecule has 26 heavy (non-hydrogen) atoms. The smallest absolute Gasteiger partial charge is 0.478 e. The van der Waals surface area contributed by atoms with E-state index >= 15 is 0 Å². The Morgan fingerprint density at radius 3 is 2.42 bits per heavy atom. The van der Waals surface area contributed by atoms with Crippen LogP contribution in [0.5, 0.6) is 11.5 Å². The molecule has 1 aliphatic heterocycles. The normalized spacial score (nSPS) is 16.6. The average Bonchev–Trinajstić information content (AvgIpc) is 2.48. The Labute approximate surface area is 143 Å². The maximum atomic E-state index is 13.1. The highest BCUT2D eigenvalue weighted by Crippen LogP contribution is 2.41. The van der Waals surface area contributed by atoms with Gasteiger partial charge in [-0.05, 0) is 18.2 Å². The van der Waals surface area contributed by atoms with Gasteiger partial charge in [-0.25, -0.2) is 4.79 Å². The molecular formula is C16H10F6O4. The van der Waals surface area contributed by atoms with Crippen molar-refractivity contribution in [1.82, 2.24) is 0 Å². The minimum Gasteiger partial charge on any atom is -0.478 e. The van der Waals surface area contributed by atoms with E-state index in [0.29, 0.717) is 6.08 Å². The first-order valence-corrected chi connectivity index (χ1v) is 7.03. The lowest BCUT2D eigenvalue weighted by molar-refractivity contribution is -0.274. The van der Waals surface area contributed by atoms with Gasteiger partial charge in [-0.15, -0.1) is 13.2 Å². The van der Waals surface area contributed by atoms with Gasteiger partial charge < -0.3 is 14.6 Å². The second kappa shape index (κ2) is 6.82. The quantitative estimate of drug-likeness (QED) is 0.619. The van der Waals surface area contributed by atoms with Gasteiger partial charge in [0, 0.05) is 12.0 Å². The minimum atomic E-state index is -5.05. The molecule has 0 saturated heterocycles. The third-order valence-corrected chi connectivity index (χ3v) is 3.10. The number of aliphatic carboxylic acids is 1. The monoisotopic (exact) mass is 380 g/mol. The van der Waals surface area contributed by atoms with Crippen LogP contribution in [0.3, 0.4) is 0 Å². The van der Waals surface area contributed by atoms with Gasteiger partial charge in [0.25, 0.3) is 0 Å². The van der Waals surface area contributed by atoms with Crippen molar-refractivity contribution in [2.45, 2.75) is 32.0 Å². The second-order valence-electron chi connectivity index (χ2n) is 5.04. The first-order valence-electron chi connectivity index (χ1n) is 7.03. The van der Waals surface area contributed by atoms with Crippen LogP contribution in [0, 0.1) is 11.8 Å². The van der Waals surface area contributed by atoms with E-state index < -0.39 is 41.7 Å². The first-order chi connectivity index (χ1) is 11.9.